The lowest BCUT2D eigenvalue weighted by Gasteiger charge is -2.08. The number of hydrogen-bond acceptors (Lipinski definition) is 5. The van der Waals surface area contributed by atoms with Crippen molar-refractivity contribution in [2.75, 3.05) is 6.61 Å². The largest absolute Gasteiger partial charge is 0.461 e. The molecule has 0 fully saturated rings. The molecule has 3 aromatic rings. The Hall–Kier alpha value is -2.68. The fourth-order valence-electron chi connectivity index (χ4n) is 2.60. The van der Waals surface area contributed by atoms with E-state index in [4.69, 9.17) is 21.5 Å². The zero-order chi connectivity index (χ0) is 21.2. The predicted octanol–water partition coefficient (Wildman–Crippen LogP) is 3.65. The van der Waals surface area contributed by atoms with E-state index < -0.39 is 16.0 Å². The van der Waals surface area contributed by atoms with Crippen LogP contribution in [-0.4, -0.2) is 30.8 Å². The molecular weight excluding hydrogens is 414 g/mol. The predicted molar refractivity (Wildman–Crippen MR) is 111 cm³/mol. The highest BCUT2D eigenvalue weighted by atomic mass is 35.5. The number of esters is 1. The quantitative estimate of drug-likeness (QED) is 0.597. The highest BCUT2D eigenvalue weighted by molar-refractivity contribution is 7.89. The van der Waals surface area contributed by atoms with Crippen molar-refractivity contribution in [3.63, 3.8) is 0 Å². The molecule has 29 heavy (non-hydrogen) atoms. The van der Waals surface area contributed by atoms with Crippen LogP contribution in [0.15, 0.2) is 59.5 Å². The van der Waals surface area contributed by atoms with Gasteiger partial charge in [-0.15, -0.1) is 0 Å². The van der Waals surface area contributed by atoms with Gasteiger partial charge in [-0.3, -0.25) is 0 Å². The van der Waals surface area contributed by atoms with Gasteiger partial charge >= 0.3 is 5.97 Å². The summed E-state index contributed by atoms with van der Waals surface area (Å²) in [4.78, 5) is 12.4. The Kier molecular flexibility index (Phi) is 6.07. The Morgan fingerprint density at radius 1 is 1.14 bits per heavy atom. The molecule has 0 saturated carbocycles. The van der Waals surface area contributed by atoms with E-state index in [1.165, 1.54) is 12.1 Å². The zero-order valence-electron chi connectivity index (χ0n) is 15.9. The molecule has 9 heteroatoms. The Bertz CT molecular complexity index is 1120. The smallest absolute Gasteiger partial charge is 0.358 e. The van der Waals surface area contributed by atoms with E-state index >= 15 is 0 Å². The first-order chi connectivity index (χ1) is 13.6. The molecule has 0 radical (unpaired) electrons. The van der Waals surface area contributed by atoms with Crippen LogP contribution in [0.4, 0.5) is 0 Å². The van der Waals surface area contributed by atoms with Gasteiger partial charge in [0.05, 0.1) is 22.9 Å². The number of halogens is 1. The maximum Gasteiger partial charge on any atom is 0.358 e. The first-order valence-corrected chi connectivity index (χ1v) is 10.7. The minimum Gasteiger partial charge on any atom is -0.461 e. The fourth-order valence-corrected chi connectivity index (χ4v) is 3.24. The number of primary sulfonamides is 1. The number of carbonyl (C=O) groups excluding carboxylic acids is 1. The lowest BCUT2D eigenvalue weighted by molar-refractivity contribution is 0.0451. The molecular formula is C20H20ClN3O4S. The van der Waals surface area contributed by atoms with Crippen molar-refractivity contribution in [1.29, 1.82) is 0 Å². The standard InChI is InChI=1S/C20H20ClN3O4S/c1-13(2)12-28-20(25)18-11-19(14-3-5-15(21)6-4-14)24(23-18)16-7-9-17(10-8-16)29(22,26)27/h3-11,13H,12H2,1-2H3,(H2,22,26,27). The van der Waals surface area contributed by atoms with Crippen molar-refractivity contribution in [3.05, 3.63) is 65.3 Å². The highest BCUT2D eigenvalue weighted by Gasteiger charge is 2.19. The zero-order valence-corrected chi connectivity index (χ0v) is 17.4. The summed E-state index contributed by atoms with van der Waals surface area (Å²) in [6, 6.07) is 14.6. The number of sulfonamides is 1. The van der Waals surface area contributed by atoms with Gasteiger partial charge in [0.2, 0.25) is 10.0 Å². The molecule has 0 aliphatic rings. The van der Waals surface area contributed by atoms with Crippen LogP contribution in [0.2, 0.25) is 5.02 Å². The summed E-state index contributed by atoms with van der Waals surface area (Å²) in [5.41, 5.74) is 2.11. The van der Waals surface area contributed by atoms with Gasteiger partial charge in [-0.2, -0.15) is 5.10 Å². The van der Waals surface area contributed by atoms with Crippen molar-refractivity contribution in [3.8, 4) is 16.9 Å². The van der Waals surface area contributed by atoms with E-state index in [0.717, 1.165) is 5.56 Å². The first-order valence-electron chi connectivity index (χ1n) is 8.81. The molecule has 2 N–H and O–H groups in total. The molecule has 0 aliphatic carbocycles. The van der Waals surface area contributed by atoms with Crippen LogP contribution < -0.4 is 5.14 Å². The lowest BCUT2D eigenvalue weighted by atomic mass is 10.1. The number of ether oxygens (including phenoxy) is 1. The molecule has 0 bridgehead atoms. The highest BCUT2D eigenvalue weighted by Crippen LogP contribution is 2.26. The number of carbonyl (C=O) groups is 1. The Morgan fingerprint density at radius 2 is 1.76 bits per heavy atom. The number of nitrogens with zero attached hydrogens (tertiary/aromatic N) is 2. The second-order valence-electron chi connectivity index (χ2n) is 6.86. The summed E-state index contributed by atoms with van der Waals surface area (Å²) < 4.78 is 29.8. The topological polar surface area (TPSA) is 104 Å². The molecule has 0 amide bonds. The Balaban J connectivity index is 2.06. The number of benzene rings is 2. The lowest BCUT2D eigenvalue weighted by Crippen LogP contribution is -2.12. The van der Waals surface area contributed by atoms with Crippen LogP contribution in [0.25, 0.3) is 16.9 Å². The minimum atomic E-state index is -3.81. The molecule has 0 atom stereocenters. The minimum absolute atomic E-state index is 0.0157. The maximum atomic E-state index is 12.4. The van der Waals surface area contributed by atoms with Gasteiger partial charge in [0.25, 0.3) is 0 Å². The van der Waals surface area contributed by atoms with Crippen LogP contribution in [0.5, 0.6) is 0 Å². The Morgan fingerprint density at radius 3 is 2.31 bits per heavy atom. The van der Waals surface area contributed by atoms with Gasteiger partial charge in [0.1, 0.15) is 0 Å². The molecule has 152 valence electrons. The van der Waals surface area contributed by atoms with Crippen LogP contribution in [-0.2, 0) is 14.8 Å². The molecule has 3 rings (SSSR count). The average molecular weight is 434 g/mol. The number of aromatic nitrogens is 2. The van der Waals surface area contributed by atoms with Crippen molar-refractivity contribution in [2.45, 2.75) is 18.7 Å². The summed E-state index contributed by atoms with van der Waals surface area (Å²) >= 11 is 5.98. The average Bonchev–Trinajstić information content (AvgIpc) is 3.11. The summed E-state index contributed by atoms with van der Waals surface area (Å²) in [7, 11) is -3.81. The van der Waals surface area contributed by atoms with Crippen LogP contribution in [0, 0.1) is 5.92 Å². The molecule has 1 aromatic heterocycles. The van der Waals surface area contributed by atoms with Crippen molar-refractivity contribution in [1.82, 2.24) is 9.78 Å². The van der Waals surface area contributed by atoms with E-state index in [1.807, 2.05) is 13.8 Å². The third-order valence-electron chi connectivity index (χ3n) is 4.02. The summed E-state index contributed by atoms with van der Waals surface area (Å²) in [5, 5.41) is 10.1. The molecule has 1 heterocycles. The van der Waals surface area contributed by atoms with Gasteiger partial charge < -0.3 is 4.74 Å². The monoisotopic (exact) mass is 433 g/mol. The Labute approximate surface area is 174 Å². The van der Waals surface area contributed by atoms with Crippen LogP contribution in [0.3, 0.4) is 0 Å². The molecule has 0 spiro atoms. The molecule has 0 aliphatic heterocycles. The normalized spacial score (nSPS) is 11.6. The summed E-state index contributed by atoms with van der Waals surface area (Å²) in [6.07, 6.45) is 0. The number of hydrogen-bond donors (Lipinski definition) is 1. The van der Waals surface area contributed by atoms with E-state index in [1.54, 1.807) is 47.1 Å². The van der Waals surface area contributed by atoms with Crippen molar-refractivity contribution >= 4 is 27.6 Å². The number of nitrogens with two attached hydrogens (primary N) is 1. The summed E-state index contributed by atoms with van der Waals surface area (Å²) in [6.45, 7) is 4.17. The van der Waals surface area contributed by atoms with E-state index in [-0.39, 0.29) is 23.1 Å². The number of rotatable bonds is 6. The summed E-state index contributed by atoms with van der Waals surface area (Å²) in [5.74, 6) is -0.337. The van der Waals surface area contributed by atoms with Crippen molar-refractivity contribution in [2.24, 2.45) is 11.1 Å². The second-order valence-corrected chi connectivity index (χ2v) is 8.86. The van der Waals surface area contributed by atoms with Crippen molar-refractivity contribution < 1.29 is 17.9 Å². The van der Waals surface area contributed by atoms with Gasteiger partial charge in [0, 0.05) is 10.6 Å². The first kappa shape index (κ1) is 21.0. The molecule has 7 nitrogen and oxygen atoms in total. The third kappa shape index (κ3) is 5.03. The van der Waals surface area contributed by atoms with Crippen LogP contribution in [0.1, 0.15) is 24.3 Å². The molecule has 0 saturated heterocycles. The van der Waals surface area contributed by atoms with Gasteiger partial charge in [0.15, 0.2) is 5.69 Å². The van der Waals surface area contributed by atoms with E-state index in [9.17, 15) is 13.2 Å². The van der Waals surface area contributed by atoms with Gasteiger partial charge in [-0.1, -0.05) is 37.6 Å². The molecule has 0 unspecified atom stereocenters. The van der Waals surface area contributed by atoms with Gasteiger partial charge in [-0.05, 0) is 48.4 Å². The SMILES string of the molecule is CC(C)COC(=O)c1cc(-c2ccc(Cl)cc2)n(-c2ccc(S(N)(=O)=O)cc2)n1. The van der Waals surface area contributed by atoms with Crippen LogP contribution >= 0.6 is 11.6 Å². The molecule has 2 aromatic carbocycles. The third-order valence-corrected chi connectivity index (χ3v) is 5.20. The van der Waals surface area contributed by atoms with E-state index in [0.29, 0.717) is 16.4 Å². The van der Waals surface area contributed by atoms with Gasteiger partial charge in [-0.25, -0.2) is 23.0 Å². The van der Waals surface area contributed by atoms with E-state index in [2.05, 4.69) is 5.10 Å². The fraction of sp³-hybridized carbons (Fsp3) is 0.200. The second kappa shape index (κ2) is 8.36. The maximum absolute atomic E-state index is 12.4.